The fourth-order valence-corrected chi connectivity index (χ4v) is 4.46. The molecule has 112 valence electrons. The van der Waals surface area contributed by atoms with Crippen LogP contribution in [-0.4, -0.2) is 19.3 Å². The molecule has 0 spiro atoms. The summed E-state index contributed by atoms with van der Waals surface area (Å²) in [4.78, 5) is 0.274. The predicted octanol–water partition coefficient (Wildman–Crippen LogP) is 3.24. The van der Waals surface area contributed by atoms with Crippen molar-refractivity contribution in [3.05, 3.63) is 58.6 Å². The topological polar surface area (TPSA) is 63.4 Å². The highest BCUT2D eigenvalue weighted by Gasteiger charge is 2.25. The summed E-state index contributed by atoms with van der Waals surface area (Å²) in [5, 5.41) is 0. The van der Waals surface area contributed by atoms with Gasteiger partial charge in [0.25, 0.3) is 0 Å². The SMILES string of the molecule is CCN(Cc1cccc(N)c1)S(=O)(=O)c1ccccc1Br. The Bertz CT molecular complexity index is 732. The molecule has 2 aromatic rings. The quantitative estimate of drug-likeness (QED) is 0.823. The second-order valence-electron chi connectivity index (χ2n) is 4.61. The molecule has 0 fully saturated rings. The Hall–Kier alpha value is -1.37. The summed E-state index contributed by atoms with van der Waals surface area (Å²) in [6.45, 7) is 2.50. The monoisotopic (exact) mass is 368 g/mol. The van der Waals surface area contributed by atoms with Gasteiger partial charge in [0.1, 0.15) is 0 Å². The Kier molecular flexibility index (Phi) is 5.03. The first kappa shape index (κ1) is 16.0. The van der Waals surface area contributed by atoms with Gasteiger partial charge in [0.2, 0.25) is 10.0 Å². The Labute approximate surface area is 133 Å². The minimum Gasteiger partial charge on any atom is -0.399 e. The Balaban J connectivity index is 2.35. The van der Waals surface area contributed by atoms with Crippen molar-refractivity contribution in [3.63, 3.8) is 0 Å². The van der Waals surface area contributed by atoms with Gasteiger partial charge in [-0.1, -0.05) is 31.2 Å². The molecule has 2 aromatic carbocycles. The normalized spacial score (nSPS) is 11.8. The zero-order valence-electron chi connectivity index (χ0n) is 11.7. The van der Waals surface area contributed by atoms with Crippen LogP contribution in [0.4, 0.5) is 5.69 Å². The highest BCUT2D eigenvalue weighted by molar-refractivity contribution is 9.10. The van der Waals surface area contributed by atoms with Crippen LogP contribution in [0.5, 0.6) is 0 Å². The second kappa shape index (κ2) is 6.60. The van der Waals surface area contributed by atoms with E-state index in [1.54, 1.807) is 36.4 Å². The molecule has 0 aliphatic carbocycles. The molecule has 0 heterocycles. The molecule has 0 aromatic heterocycles. The van der Waals surface area contributed by atoms with Crippen LogP contribution in [0.3, 0.4) is 0 Å². The number of hydrogen-bond acceptors (Lipinski definition) is 3. The molecule has 4 nitrogen and oxygen atoms in total. The van der Waals surface area contributed by atoms with Gasteiger partial charge in [-0.3, -0.25) is 0 Å². The molecule has 0 saturated carbocycles. The number of benzene rings is 2. The van der Waals surface area contributed by atoms with Crippen LogP contribution >= 0.6 is 15.9 Å². The van der Waals surface area contributed by atoms with Gasteiger partial charge < -0.3 is 5.73 Å². The molecule has 0 aliphatic rings. The van der Waals surface area contributed by atoms with E-state index in [-0.39, 0.29) is 4.90 Å². The summed E-state index contributed by atoms with van der Waals surface area (Å²) in [6.07, 6.45) is 0. The molecule has 0 unspecified atom stereocenters. The maximum Gasteiger partial charge on any atom is 0.244 e. The van der Waals surface area contributed by atoms with E-state index in [1.807, 2.05) is 19.1 Å². The lowest BCUT2D eigenvalue weighted by molar-refractivity contribution is 0.423. The van der Waals surface area contributed by atoms with Crippen LogP contribution < -0.4 is 5.73 Å². The molecule has 2 rings (SSSR count). The van der Waals surface area contributed by atoms with E-state index in [1.165, 1.54) is 4.31 Å². The lowest BCUT2D eigenvalue weighted by Crippen LogP contribution is -2.30. The minimum absolute atomic E-state index is 0.274. The van der Waals surface area contributed by atoms with Gasteiger partial charge in [-0.05, 0) is 45.8 Å². The van der Waals surface area contributed by atoms with Crippen molar-refractivity contribution >= 4 is 31.6 Å². The van der Waals surface area contributed by atoms with E-state index in [9.17, 15) is 8.42 Å². The largest absolute Gasteiger partial charge is 0.399 e. The number of hydrogen-bond donors (Lipinski definition) is 1. The van der Waals surface area contributed by atoms with Crippen LogP contribution in [-0.2, 0) is 16.6 Å². The predicted molar refractivity (Wildman–Crippen MR) is 88.3 cm³/mol. The number of nitrogen functional groups attached to an aromatic ring is 1. The van der Waals surface area contributed by atoms with Crippen molar-refractivity contribution in [1.82, 2.24) is 4.31 Å². The fourth-order valence-electron chi connectivity index (χ4n) is 2.05. The summed E-state index contributed by atoms with van der Waals surface area (Å²) in [7, 11) is -3.55. The summed E-state index contributed by atoms with van der Waals surface area (Å²) < 4.78 is 27.5. The van der Waals surface area contributed by atoms with Crippen LogP contribution in [0.2, 0.25) is 0 Å². The van der Waals surface area contributed by atoms with E-state index in [0.717, 1.165) is 5.56 Å². The van der Waals surface area contributed by atoms with Crippen LogP contribution in [0.25, 0.3) is 0 Å². The van der Waals surface area contributed by atoms with Crippen molar-refractivity contribution < 1.29 is 8.42 Å². The fraction of sp³-hybridized carbons (Fsp3) is 0.200. The van der Waals surface area contributed by atoms with Crippen molar-refractivity contribution in [2.75, 3.05) is 12.3 Å². The lowest BCUT2D eigenvalue weighted by atomic mass is 10.2. The third-order valence-electron chi connectivity index (χ3n) is 3.12. The van der Waals surface area contributed by atoms with E-state index < -0.39 is 10.0 Å². The van der Waals surface area contributed by atoms with Gasteiger partial charge in [0.05, 0.1) is 4.90 Å². The summed E-state index contributed by atoms with van der Waals surface area (Å²) >= 11 is 3.30. The van der Waals surface area contributed by atoms with E-state index in [2.05, 4.69) is 15.9 Å². The van der Waals surface area contributed by atoms with Crippen LogP contribution in [0.1, 0.15) is 12.5 Å². The smallest absolute Gasteiger partial charge is 0.244 e. The zero-order valence-corrected chi connectivity index (χ0v) is 14.1. The molecule has 21 heavy (non-hydrogen) atoms. The lowest BCUT2D eigenvalue weighted by Gasteiger charge is -2.21. The second-order valence-corrected chi connectivity index (χ2v) is 7.37. The molecule has 2 N–H and O–H groups in total. The van der Waals surface area contributed by atoms with Gasteiger partial charge in [-0.2, -0.15) is 4.31 Å². The van der Waals surface area contributed by atoms with Gasteiger partial charge in [0, 0.05) is 23.2 Å². The number of rotatable bonds is 5. The average Bonchev–Trinajstić information content (AvgIpc) is 2.45. The van der Waals surface area contributed by atoms with E-state index in [0.29, 0.717) is 23.2 Å². The Morgan fingerprint density at radius 3 is 2.48 bits per heavy atom. The summed E-state index contributed by atoms with van der Waals surface area (Å²) in [5.41, 5.74) is 7.24. The van der Waals surface area contributed by atoms with Gasteiger partial charge >= 0.3 is 0 Å². The summed E-state index contributed by atoms with van der Waals surface area (Å²) in [6, 6.07) is 14.1. The molecule has 0 radical (unpaired) electrons. The maximum atomic E-state index is 12.7. The van der Waals surface area contributed by atoms with Crippen LogP contribution in [0.15, 0.2) is 57.9 Å². The zero-order chi connectivity index (χ0) is 15.5. The molecular formula is C15H17BrN2O2S. The Morgan fingerprint density at radius 2 is 1.86 bits per heavy atom. The third-order valence-corrected chi connectivity index (χ3v) is 6.05. The van der Waals surface area contributed by atoms with Gasteiger partial charge in [0.15, 0.2) is 0 Å². The third kappa shape index (κ3) is 3.64. The molecule has 0 atom stereocenters. The van der Waals surface area contributed by atoms with Gasteiger partial charge in [-0.15, -0.1) is 0 Å². The highest BCUT2D eigenvalue weighted by Crippen LogP contribution is 2.25. The highest BCUT2D eigenvalue weighted by atomic mass is 79.9. The molecule has 0 amide bonds. The molecular weight excluding hydrogens is 352 g/mol. The standard InChI is InChI=1S/C15H17BrN2O2S/c1-2-18(11-12-6-5-7-13(17)10-12)21(19,20)15-9-4-3-8-14(15)16/h3-10H,2,11,17H2,1H3. The first-order valence-electron chi connectivity index (χ1n) is 6.54. The number of nitrogens with zero attached hydrogens (tertiary/aromatic N) is 1. The first-order chi connectivity index (χ1) is 9.95. The molecule has 0 aliphatic heterocycles. The number of sulfonamides is 1. The van der Waals surface area contributed by atoms with Crippen molar-refractivity contribution in [2.24, 2.45) is 0 Å². The van der Waals surface area contributed by atoms with Crippen molar-refractivity contribution in [2.45, 2.75) is 18.4 Å². The van der Waals surface area contributed by atoms with Crippen LogP contribution in [0, 0.1) is 0 Å². The Morgan fingerprint density at radius 1 is 1.14 bits per heavy atom. The summed E-state index contributed by atoms with van der Waals surface area (Å²) in [5.74, 6) is 0. The maximum absolute atomic E-state index is 12.7. The molecule has 6 heteroatoms. The number of anilines is 1. The number of halogens is 1. The minimum atomic E-state index is -3.55. The number of nitrogens with two attached hydrogens (primary N) is 1. The van der Waals surface area contributed by atoms with Gasteiger partial charge in [-0.25, -0.2) is 8.42 Å². The first-order valence-corrected chi connectivity index (χ1v) is 8.77. The van der Waals surface area contributed by atoms with Crippen molar-refractivity contribution in [3.8, 4) is 0 Å². The average molecular weight is 369 g/mol. The van der Waals surface area contributed by atoms with Crippen molar-refractivity contribution in [1.29, 1.82) is 0 Å². The van der Waals surface area contributed by atoms with E-state index in [4.69, 9.17) is 5.73 Å². The molecule has 0 bridgehead atoms. The van der Waals surface area contributed by atoms with E-state index >= 15 is 0 Å². The molecule has 0 saturated heterocycles.